The van der Waals surface area contributed by atoms with Crippen molar-refractivity contribution in [2.24, 2.45) is 5.92 Å². The minimum absolute atomic E-state index is 0.0223. The number of hydrogen-bond donors (Lipinski definition) is 2. The Kier molecular flexibility index (Phi) is 6.12. The van der Waals surface area contributed by atoms with E-state index in [0.29, 0.717) is 0 Å². The van der Waals surface area contributed by atoms with Crippen LogP contribution >= 0.6 is 11.6 Å². The van der Waals surface area contributed by atoms with E-state index in [2.05, 4.69) is 4.72 Å². The van der Waals surface area contributed by atoms with Crippen molar-refractivity contribution in [2.45, 2.75) is 32.1 Å². The molecule has 0 amide bonds. The number of hydrogen-bond acceptors (Lipinski definition) is 3. The van der Waals surface area contributed by atoms with Gasteiger partial charge < -0.3 is 5.11 Å². The molecule has 0 spiro atoms. The number of nitrogens with one attached hydrogen (secondary N) is 1. The highest BCUT2D eigenvalue weighted by atomic mass is 35.5. The average molecular weight is 338 g/mol. The highest BCUT2D eigenvalue weighted by Crippen LogP contribution is 2.18. The summed E-state index contributed by atoms with van der Waals surface area (Å²) < 4.78 is 39.1. The van der Waals surface area contributed by atoms with Gasteiger partial charge in [-0.05, 0) is 30.0 Å². The zero-order valence-electron chi connectivity index (χ0n) is 11.6. The molecule has 0 heterocycles. The van der Waals surface area contributed by atoms with Gasteiger partial charge in [-0.2, -0.15) is 0 Å². The first-order chi connectivity index (χ1) is 9.60. The monoisotopic (exact) mass is 337 g/mol. The van der Waals surface area contributed by atoms with Gasteiger partial charge in [-0.15, -0.1) is 0 Å². The largest absolute Gasteiger partial charge is 0.480 e. The Balaban J connectivity index is 2.84. The SMILES string of the molecule is CC(C)CC(NS(=O)(=O)Cc1ccc(F)c(Cl)c1)C(=O)O. The molecule has 0 bridgehead atoms. The molecule has 0 saturated carbocycles. The van der Waals surface area contributed by atoms with Crippen molar-refractivity contribution in [1.82, 2.24) is 4.72 Å². The van der Waals surface area contributed by atoms with E-state index in [-0.39, 0.29) is 22.9 Å². The van der Waals surface area contributed by atoms with Crippen LogP contribution in [-0.2, 0) is 20.6 Å². The normalized spacial score (nSPS) is 13.4. The van der Waals surface area contributed by atoms with Crippen LogP contribution in [0.4, 0.5) is 4.39 Å². The molecule has 1 aromatic rings. The third-order valence-electron chi connectivity index (χ3n) is 2.67. The van der Waals surface area contributed by atoms with Crippen LogP contribution in [0.25, 0.3) is 0 Å². The standard InChI is InChI=1S/C13H17ClFNO4S/c1-8(2)5-12(13(17)18)16-21(19,20)7-9-3-4-11(15)10(14)6-9/h3-4,6,8,12,16H,5,7H2,1-2H3,(H,17,18). The number of carboxylic acids is 1. The Bertz CT molecular complexity index is 619. The number of aliphatic carboxylic acids is 1. The molecule has 0 aromatic heterocycles. The first-order valence-electron chi connectivity index (χ1n) is 6.27. The van der Waals surface area contributed by atoms with E-state index >= 15 is 0 Å². The molecular weight excluding hydrogens is 321 g/mol. The fraction of sp³-hybridized carbons (Fsp3) is 0.462. The molecule has 1 aromatic carbocycles. The van der Waals surface area contributed by atoms with Gasteiger partial charge in [0.1, 0.15) is 11.9 Å². The Morgan fingerprint density at radius 3 is 2.52 bits per heavy atom. The average Bonchev–Trinajstić information content (AvgIpc) is 2.31. The summed E-state index contributed by atoms with van der Waals surface area (Å²) in [7, 11) is -3.87. The molecule has 5 nitrogen and oxygen atoms in total. The molecule has 21 heavy (non-hydrogen) atoms. The Hall–Kier alpha value is -1.18. The van der Waals surface area contributed by atoms with Gasteiger partial charge in [0.25, 0.3) is 0 Å². The maximum Gasteiger partial charge on any atom is 0.321 e. The van der Waals surface area contributed by atoms with Gasteiger partial charge in [0.15, 0.2) is 0 Å². The third kappa shape index (κ3) is 5.99. The number of sulfonamides is 1. The predicted octanol–water partition coefficient (Wildman–Crippen LogP) is 2.40. The lowest BCUT2D eigenvalue weighted by Crippen LogP contribution is -2.42. The minimum atomic E-state index is -3.87. The number of halogens is 2. The highest BCUT2D eigenvalue weighted by molar-refractivity contribution is 7.88. The fourth-order valence-electron chi connectivity index (χ4n) is 1.78. The van der Waals surface area contributed by atoms with Crippen LogP contribution in [0.5, 0.6) is 0 Å². The summed E-state index contributed by atoms with van der Waals surface area (Å²) >= 11 is 5.58. The molecule has 0 fully saturated rings. The molecule has 2 N–H and O–H groups in total. The number of carbonyl (C=O) groups is 1. The molecule has 1 atom stereocenters. The summed E-state index contributed by atoms with van der Waals surface area (Å²) in [6.45, 7) is 3.59. The molecule has 0 radical (unpaired) electrons. The van der Waals surface area contributed by atoms with Crippen molar-refractivity contribution < 1.29 is 22.7 Å². The topological polar surface area (TPSA) is 83.5 Å². The van der Waals surface area contributed by atoms with Gasteiger partial charge in [-0.3, -0.25) is 4.79 Å². The quantitative estimate of drug-likeness (QED) is 0.800. The van der Waals surface area contributed by atoms with Crippen molar-refractivity contribution in [3.05, 3.63) is 34.6 Å². The van der Waals surface area contributed by atoms with E-state index in [1.807, 2.05) is 0 Å². The predicted molar refractivity (Wildman–Crippen MR) is 78.0 cm³/mol. The van der Waals surface area contributed by atoms with Crippen molar-refractivity contribution >= 4 is 27.6 Å². The highest BCUT2D eigenvalue weighted by Gasteiger charge is 2.25. The van der Waals surface area contributed by atoms with Crippen molar-refractivity contribution in [3.63, 3.8) is 0 Å². The van der Waals surface area contributed by atoms with E-state index in [9.17, 15) is 17.6 Å². The Morgan fingerprint density at radius 2 is 2.05 bits per heavy atom. The van der Waals surface area contributed by atoms with E-state index in [4.69, 9.17) is 16.7 Å². The van der Waals surface area contributed by atoms with Crippen molar-refractivity contribution in [1.29, 1.82) is 0 Å². The molecular formula is C13H17ClFNO4S. The van der Waals surface area contributed by atoms with Gasteiger partial charge in [-0.1, -0.05) is 31.5 Å². The number of benzene rings is 1. The lowest BCUT2D eigenvalue weighted by Gasteiger charge is -2.16. The summed E-state index contributed by atoms with van der Waals surface area (Å²) in [6, 6.07) is 2.37. The second-order valence-corrected chi connectivity index (χ2v) is 7.31. The van der Waals surface area contributed by atoms with Crippen LogP contribution in [0.1, 0.15) is 25.8 Å². The molecule has 0 aliphatic heterocycles. The molecule has 1 rings (SSSR count). The second-order valence-electron chi connectivity index (χ2n) is 5.15. The first kappa shape index (κ1) is 17.9. The van der Waals surface area contributed by atoms with Crippen LogP contribution in [0.3, 0.4) is 0 Å². The summed E-state index contributed by atoms with van der Waals surface area (Å²) in [5, 5.41) is 8.85. The van der Waals surface area contributed by atoms with E-state index in [1.165, 1.54) is 12.1 Å². The zero-order valence-corrected chi connectivity index (χ0v) is 13.2. The number of carboxylic acid groups (broad SMARTS) is 1. The summed E-state index contributed by atoms with van der Waals surface area (Å²) in [4.78, 5) is 11.1. The van der Waals surface area contributed by atoms with Gasteiger partial charge in [0.2, 0.25) is 10.0 Å². The van der Waals surface area contributed by atoms with Crippen molar-refractivity contribution in [2.75, 3.05) is 0 Å². The fourth-order valence-corrected chi connectivity index (χ4v) is 3.31. The smallest absolute Gasteiger partial charge is 0.321 e. The lowest BCUT2D eigenvalue weighted by molar-refractivity contribution is -0.139. The summed E-state index contributed by atoms with van der Waals surface area (Å²) in [5.41, 5.74) is 0.280. The van der Waals surface area contributed by atoms with E-state index in [1.54, 1.807) is 13.8 Å². The molecule has 1 unspecified atom stereocenters. The first-order valence-corrected chi connectivity index (χ1v) is 8.30. The molecule has 118 valence electrons. The van der Waals surface area contributed by atoms with Gasteiger partial charge in [0, 0.05) is 0 Å². The van der Waals surface area contributed by atoms with Crippen LogP contribution in [-0.4, -0.2) is 25.5 Å². The zero-order chi connectivity index (χ0) is 16.2. The van der Waals surface area contributed by atoms with Crippen molar-refractivity contribution in [3.8, 4) is 0 Å². The molecule has 0 aliphatic carbocycles. The second kappa shape index (κ2) is 7.20. The van der Waals surface area contributed by atoms with E-state index < -0.39 is 33.6 Å². The summed E-state index contributed by atoms with van der Waals surface area (Å²) in [6.07, 6.45) is 0.179. The molecule has 0 saturated heterocycles. The van der Waals surface area contributed by atoms with Crippen LogP contribution in [0, 0.1) is 11.7 Å². The molecule has 8 heteroatoms. The van der Waals surface area contributed by atoms with Crippen LogP contribution in [0.15, 0.2) is 18.2 Å². The number of rotatable bonds is 7. The van der Waals surface area contributed by atoms with Crippen LogP contribution < -0.4 is 4.72 Å². The Morgan fingerprint density at radius 1 is 1.43 bits per heavy atom. The maximum absolute atomic E-state index is 13.0. The molecule has 0 aliphatic rings. The minimum Gasteiger partial charge on any atom is -0.480 e. The van der Waals surface area contributed by atoms with E-state index in [0.717, 1.165) is 6.07 Å². The van der Waals surface area contributed by atoms with Crippen LogP contribution in [0.2, 0.25) is 5.02 Å². The summed E-state index contributed by atoms with van der Waals surface area (Å²) in [5.74, 6) is -2.32. The van der Waals surface area contributed by atoms with Gasteiger partial charge in [-0.25, -0.2) is 17.5 Å². The lowest BCUT2D eigenvalue weighted by atomic mass is 10.1. The van der Waals surface area contributed by atoms with Gasteiger partial charge >= 0.3 is 5.97 Å². The van der Waals surface area contributed by atoms with Gasteiger partial charge in [0.05, 0.1) is 10.8 Å². The maximum atomic E-state index is 13.0. The Labute approximate surface area is 128 Å². The third-order valence-corrected chi connectivity index (χ3v) is 4.31.